The lowest BCUT2D eigenvalue weighted by Gasteiger charge is -2.38. The molecule has 3 aliphatic heterocycles. The van der Waals surface area contributed by atoms with Crippen molar-refractivity contribution in [2.45, 2.75) is 50.2 Å². The molecule has 0 spiro atoms. The Kier molecular flexibility index (Phi) is 8.33. The number of hydrogen-bond donors (Lipinski definition) is 3. The molecule has 4 aromatic rings. The van der Waals surface area contributed by atoms with Gasteiger partial charge in [0, 0.05) is 41.5 Å². The van der Waals surface area contributed by atoms with Crippen molar-refractivity contribution in [2.75, 3.05) is 43.0 Å². The Bertz CT molecular complexity index is 2120. The largest absolute Gasteiger partial charge is 0.465 e. The van der Waals surface area contributed by atoms with Gasteiger partial charge in [0.05, 0.1) is 26.4 Å². The van der Waals surface area contributed by atoms with Gasteiger partial charge in [0.2, 0.25) is 0 Å². The van der Waals surface area contributed by atoms with Crippen molar-refractivity contribution in [3.63, 3.8) is 0 Å². The Morgan fingerprint density at radius 2 is 2.00 bits per heavy atom. The number of carboxylic acid groups (broad SMARTS) is 1. The standard InChI is InChI=1S/C33H29ClF4N6O4S/c1-32(47)6-2-8-43(14-32)28-18-10-20(34)23(17-4-5-21(35)26-22(17)19(12-39)29(49-26)42-31(45)46)24(36)25(18)40-30(41-28)48-15-33-7-3-9-44(33)13-16(11-33)27(37)38/h4-5,10,42,47H,2-3,6-9,11,13-15H2,1H3,(H,45,46)/t32-,33?/m1/s1. The minimum atomic E-state index is -1.70. The molecule has 2 atom stereocenters. The van der Waals surface area contributed by atoms with Gasteiger partial charge in [0.25, 0.3) is 6.08 Å². The van der Waals surface area contributed by atoms with Crippen molar-refractivity contribution in [3.8, 4) is 23.2 Å². The number of nitrogens with zero attached hydrogens (tertiary/aromatic N) is 5. The molecule has 0 aliphatic carbocycles. The van der Waals surface area contributed by atoms with E-state index < -0.39 is 34.9 Å². The highest BCUT2D eigenvalue weighted by Crippen LogP contribution is 2.47. The number of fused-ring (bicyclic) bond motifs is 3. The van der Waals surface area contributed by atoms with E-state index in [9.17, 15) is 29.1 Å². The summed E-state index contributed by atoms with van der Waals surface area (Å²) in [5.74, 6) is -1.42. The molecule has 0 radical (unpaired) electrons. The summed E-state index contributed by atoms with van der Waals surface area (Å²) in [5.41, 5.74) is -2.28. The SMILES string of the molecule is C[C@@]1(O)CCCN(c2nc(OCC34CCCN3CC(=C(F)F)C4)nc3c(F)c(-c4ccc(F)c5sc(NC(=O)O)c(C#N)c45)c(Cl)cc23)C1. The molecule has 1 amide bonds. The van der Waals surface area contributed by atoms with Crippen molar-refractivity contribution in [1.29, 1.82) is 5.26 Å². The second-order valence-corrected chi connectivity index (χ2v) is 14.4. The van der Waals surface area contributed by atoms with E-state index >= 15 is 8.78 Å². The van der Waals surface area contributed by atoms with Crippen LogP contribution < -0.4 is 15.0 Å². The number of carbonyl (C=O) groups is 1. The fourth-order valence-electron chi connectivity index (χ4n) is 7.45. The van der Waals surface area contributed by atoms with Crippen LogP contribution in [0.15, 0.2) is 29.9 Å². The summed E-state index contributed by atoms with van der Waals surface area (Å²) in [7, 11) is 0. The molecule has 3 fully saturated rings. The van der Waals surface area contributed by atoms with Crippen LogP contribution in [0.2, 0.25) is 5.02 Å². The van der Waals surface area contributed by atoms with Crippen LogP contribution in [0, 0.1) is 23.0 Å². The second-order valence-electron chi connectivity index (χ2n) is 13.0. The van der Waals surface area contributed by atoms with Gasteiger partial charge in [0.15, 0.2) is 5.82 Å². The molecule has 5 heterocycles. The molecule has 0 bridgehead atoms. The number of nitriles is 1. The number of anilines is 2. The first-order chi connectivity index (χ1) is 23.3. The van der Waals surface area contributed by atoms with Crippen molar-refractivity contribution >= 4 is 60.8 Å². The lowest BCUT2D eigenvalue weighted by molar-refractivity contribution is 0.0447. The van der Waals surface area contributed by atoms with E-state index in [1.807, 2.05) is 11.0 Å². The van der Waals surface area contributed by atoms with Gasteiger partial charge in [-0.05, 0) is 63.3 Å². The summed E-state index contributed by atoms with van der Waals surface area (Å²) in [4.78, 5) is 24.3. The van der Waals surface area contributed by atoms with E-state index in [1.54, 1.807) is 11.8 Å². The van der Waals surface area contributed by atoms with Gasteiger partial charge in [0.1, 0.15) is 34.8 Å². The van der Waals surface area contributed by atoms with Gasteiger partial charge >= 0.3 is 12.1 Å². The van der Waals surface area contributed by atoms with Crippen molar-refractivity contribution in [2.24, 2.45) is 0 Å². The number of nitrogens with one attached hydrogen (secondary N) is 1. The van der Waals surface area contributed by atoms with Crippen LogP contribution in [0.25, 0.3) is 32.1 Å². The van der Waals surface area contributed by atoms with Crippen LogP contribution in [0.5, 0.6) is 6.01 Å². The Balaban J connectivity index is 1.39. The summed E-state index contributed by atoms with van der Waals surface area (Å²) < 4.78 is 65.3. The molecule has 1 unspecified atom stereocenters. The number of ether oxygens (including phenoxy) is 1. The summed E-state index contributed by atoms with van der Waals surface area (Å²) in [6.45, 7) is 3.08. The number of halogens is 5. The smallest absolute Gasteiger partial charge is 0.409 e. The molecule has 0 saturated carbocycles. The lowest BCUT2D eigenvalue weighted by atomic mass is 9.94. The lowest BCUT2D eigenvalue weighted by Crippen LogP contribution is -2.46. The number of rotatable bonds is 6. The molecule has 3 aliphatic rings. The summed E-state index contributed by atoms with van der Waals surface area (Å²) in [6.07, 6.45) is -0.470. The maximum atomic E-state index is 17.0. The number of β-amino-alcohol motifs (C(OH)–C–C–N with tert-alkyl or cyclic N) is 1. The fourth-order valence-corrected chi connectivity index (χ4v) is 8.82. The van der Waals surface area contributed by atoms with Crippen LogP contribution in [-0.4, -0.2) is 75.1 Å². The topological polar surface area (TPSA) is 135 Å². The minimum Gasteiger partial charge on any atom is -0.465 e. The van der Waals surface area contributed by atoms with Gasteiger partial charge < -0.3 is 19.8 Å². The molecular formula is C33H29ClF4N6O4S. The molecule has 2 aromatic heterocycles. The second kappa shape index (κ2) is 12.3. The molecule has 256 valence electrons. The third kappa shape index (κ3) is 5.80. The third-order valence-electron chi connectivity index (χ3n) is 9.61. The number of thiophene rings is 1. The summed E-state index contributed by atoms with van der Waals surface area (Å²) in [6, 6.07) is 5.49. The first kappa shape index (κ1) is 33.3. The predicted octanol–water partition coefficient (Wildman–Crippen LogP) is 7.52. The molecule has 16 heteroatoms. The third-order valence-corrected chi connectivity index (χ3v) is 11.0. The number of hydrogen-bond acceptors (Lipinski definition) is 9. The van der Waals surface area contributed by atoms with Gasteiger partial charge in [-0.3, -0.25) is 10.2 Å². The Morgan fingerprint density at radius 3 is 2.71 bits per heavy atom. The number of amides is 1. The molecule has 3 N–H and O–H groups in total. The average molecular weight is 717 g/mol. The fraction of sp³-hybridized carbons (Fsp3) is 0.394. The maximum Gasteiger partial charge on any atom is 0.409 e. The van der Waals surface area contributed by atoms with E-state index in [0.29, 0.717) is 43.7 Å². The van der Waals surface area contributed by atoms with Crippen LogP contribution in [0.4, 0.5) is 33.2 Å². The molecule has 49 heavy (non-hydrogen) atoms. The predicted molar refractivity (Wildman–Crippen MR) is 177 cm³/mol. The Morgan fingerprint density at radius 1 is 1.22 bits per heavy atom. The minimum absolute atomic E-state index is 0.0210. The first-order valence-corrected chi connectivity index (χ1v) is 16.7. The van der Waals surface area contributed by atoms with Gasteiger partial charge in [-0.15, -0.1) is 11.3 Å². The zero-order chi connectivity index (χ0) is 34.8. The highest BCUT2D eigenvalue weighted by molar-refractivity contribution is 7.23. The molecular weight excluding hydrogens is 688 g/mol. The number of piperidine rings is 1. The van der Waals surface area contributed by atoms with Gasteiger partial charge in [-0.1, -0.05) is 17.7 Å². The van der Waals surface area contributed by atoms with Crippen LogP contribution in [0.3, 0.4) is 0 Å². The van der Waals surface area contributed by atoms with E-state index in [1.165, 1.54) is 12.1 Å². The Labute approximate surface area is 286 Å². The normalized spacial score (nSPS) is 22.5. The van der Waals surface area contributed by atoms with Crippen molar-refractivity contribution in [3.05, 3.63) is 52.1 Å². The highest BCUT2D eigenvalue weighted by Gasteiger charge is 2.48. The van der Waals surface area contributed by atoms with E-state index in [4.69, 9.17) is 16.3 Å². The zero-order valence-corrected chi connectivity index (χ0v) is 27.6. The quantitative estimate of drug-likeness (QED) is 0.173. The van der Waals surface area contributed by atoms with E-state index in [2.05, 4.69) is 15.3 Å². The number of aliphatic hydroxyl groups is 1. The highest BCUT2D eigenvalue weighted by atomic mass is 35.5. The molecule has 2 aromatic carbocycles. The number of benzene rings is 2. The number of aromatic nitrogens is 2. The van der Waals surface area contributed by atoms with Crippen LogP contribution >= 0.6 is 22.9 Å². The molecule has 10 nitrogen and oxygen atoms in total. The van der Waals surface area contributed by atoms with Gasteiger partial charge in [-0.2, -0.15) is 24.0 Å². The van der Waals surface area contributed by atoms with Crippen LogP contribution in [-0.2, 0) is 0 Å². The maximum absolute atomic E-state index is 17.0. The average Bonchev–Trinajstić information content (AvgIpc) is 3.71. The van der Waals surface area contributed by atoms with Crippen LogP contribution in [0.1, 0.15) is 44.6 Å². The van der Waals surface area contributed by atoms with Crippen molar-refractivity contribution in [1.82, 2.24) is 14.9 Å². The molecule has 3 saturated heterocycles. The zero-order valence-electron chi connectivity index (χ0n) is 26.0. The Hall–Kier alpha value is -4.23. The molecule has 7 rings (SSSR count). The summed E-state index contributed by atoms with van der Waals surface area (Å²) in [5, 5.41) is 32.2. The van der Waals surface area contributed by atoms with E-state index in [-0.39, 0.29) is 91.2 Å². The van der Waals surface area contributed by atoms with E-state index in [0.717, 1.165) is 12.5 Å². The van der Waals surface area contributed by atoms with Gasteiger partial charge in [-0.25, -0.2) is 13.6 Å². The summed E-state index contributed by atoms with van der Waals surface area (Å²) >= 11 is 7.47. The van der Waals surface area contributed by atoms with Crippen molar-refractivity contribution < 1.29 is 37.3 Å². The first-order valence-electron chi connectivity index (χ1n) is 15.5. The monoisotopic (exact) mass is 716 g/mol.